The molecule has 0 saturated carbocycles. The van der Waals surface area contributed by atoms with Crippen molar-refractivity contribution >= 4 is 11.6 Å². The molecule has 0 fully saturated rings. The van der Waals surface area contributed by atoms with Crippen molar-refractivity contribution in [3.63, 3.8) is 0 Å². The SMILES string of the molecule is COCCN(C(=O)c1c(F)ccc([N+](=O)[O-])c1F)C(C)C. The van der Waals surface area contributed by atoms with Crippen LogP contribution in [0.15, 0.2) is 12.1 Å². The molecule has 0 spiro atoms. The third-order valence-corrected chi connectivity index (χ3v) is 2.90. The van der Waals surface area contributed by atoms with Crippen LogP contribution in [0.2, 0.25) is 0 Å². The van der Waals surface area contributed by atoms with Crippen LogP contribution in [0.4, 0.5) is 14.5 Å². The van der Waals surface area contributed by atoms with Gasteiger partial charge in [0.15, 0.2) is 0 Å². The molecule has 0 bridgehead atoms. The van der Waals surface area contributed by atoms with Gasteiger partial charge in [-0.2, -0.15) is 4.39 Å². The molecule has 0 unspecified atom stereocenters. The van der Waals surface area contributed by atoms with Crippen molar-refractivity contribution in [2.45, 2.75) is 19.9 Å². The minimum absolute atomic E-state index is 0.120. The molecule has 0 aliphatic rings. The lowest BCUT2D eigenvalue weighted by Gasteiger charge is -2.26. The van der Waals surface area contributed by atoms with Gasteiger partial charge in [0.05, 0.1) is 11.5 Å². The Morgan fingerprint density at radius 3 is 2.52 bits per heavy atom. The van der Waals surface area contributed by atoms with E-state index in [-0.39, 0.29) is 19.2 Å². The van der Waals surface area contributed by atoms with E-state index in [2.05, 4.69) is 0 Å². The van der Waals surface area contributed by atoms with Crippen molar-refractivity contribution in [2.75, 3.05) is 20.3 Å². The van der Waals surface area contributed by atoms with Gasteiger partial charge in [0, 0.05) is 25.8 Å². The van der Waals surface area contributed by atoms with Gasteiger partial charge >= 0.3 is 5.69 Å². The highest BCUT2D eigenvalue weighted by molar-refractivity contribution is 5.95. The maximum Gasteiger partial charge on any atom is 0.305 e. The van der Waals surface area contributed by atoms with Gasteiger partial charge in [0.1, 0.15) is 11.4 Å². The zero-order valence-corrected chi connectivity index (χ0v) is 11.9. The lowest BCUT2D eigenvalue weighted by molar-refractivity contribution is -0.387. The van der Waals surface area contributed by atoms with Crippen molar-refractivity contribution in [3.8, 4) is 0 Å². The predicted molar refractivity (Wildman–Crippen MR) is 71.1 cm³/mol. The van der Waals surface area contributed by atoms with Crippen LogP contribution in [-0.4, -0.2) is 42.0 Å². The molecule has 1 aromatic carbocycles. The first kappa shape index (κ1) is 17.0. The number of ether oxygens (including phenoxy) is 1. The van der Waals surface area contributed by atoms with Gasteiger partial charge in [0.2, 0.25) is 5.82 Å². The van der Waals surface area contributed by atoms with E-state index in [1.54, 1.807) is 13.8 Å². The summed E-state index contributed by atoms with van der Waals surface area (Å²) in [6.07, 6.45) is 0. The van der Waals surface area contributed by atoms with E-state index in [9.17, 15) is 23.7 Å². The highest BCUT2D eigenvalue weighted by Gasteiger charge is 2.30. The van der Waals surface area contributed by atoms with Gasteiger partial charge in [-0.15, -0.1) is 0 Å². The number of nitro benzene ring substituents is 1. The smallest absolute Gasteiger partial charge is 0.305 e. The third kappa shape index (κ3) is 3.72. The molecule has 0 aliphatic heterocycles. The molecule has 0 radical (unpaired) electrons. The molecule has 0 heterocycles. The molecule has 0 N–H and O–H groups in total. The Hall–Kier alpha value is -2.09. The second kappa shape index (κ2) is 7.07. The third-order valence-electron chi connectivity index (χ3n) is 2.90. The molecule has 0 aliphatic carbocycles. The van der Waals surface area contributed by atoms with Crippen LogP contribution in [0.5, 0.6) is 0 Å². The van der Waals surface area contributed by atoms with Crippen LogP contribution in [0.3, 0.4) is 0 Å². The summed E-state index contributed by atoms with van der Waals surface area (Å²) in [5.74, 6) is -3.54. The van der Waals surface area contributed by atoms with Crippen LogP contribution in [0.1, 0.15) is 24.2 Å². The number of amides is 1. The van der Waals surface area contributed by atoms with Crippen molar-refractivity contribution in [3.05, 3.63) is 39.4 Å². The minimum atomic E-state index is -1.46. The van der Waals surface area contributed by atoms with E-state index in [0.29, 0.717) is 12.1 Å². The van der Waals surface area contributed by atoms with Gasteiger partial charge < -0.3 is 9.64 Å². The summed E-state index contributed by atoms with van der Waals surface area (Å²) in [6.45, 7) is 3.64. The van der Waals surface area contributed by atoms with Crippen molar-refractivity contribution < 1.29 is 23.2 Å². The first-order valence-corrected chi connectivity index (χ1v) is 6.23. The second-order valence-corrected chi connectivity index (χ2v) is 4.60. The first-order valence-electron chi connectivity index (χ1n) is 6.23. The number of nitrogens with zero attached hydrogens (tertiary/aromatic N) is 2. The number of rotatable bonds is 6. The fourth-order valence-electron chi connectivity index (χ4n) is 1.81. The highest BCUT2D eigenvalue weighted by atomic mass is 19.1. The fourth-order valence-corrected chi connectivity index (χ4v) is 1.81. The first-order chi connectivity index (χ1) is 9.81. The standard InChI is InChI=1S/C13H16F2N2O4/c1-8(2)16(6-7-21-3)13(18)11-9(14)4-5-10(12(11)15)17(19)20/h4-5,8H,6-7H2,1-3H3. The average molecular weight is 302 g/mol. The fraction of sp³-hybridized carbons (Fsp3) is 0.462. The van der Waals surface area contributed by atoms with E-state index in [4.69, 9.17) is 4.74 Å². The van der Waals surface area contributed by atoms with E-state index in [0.717, 1.165) is 0 Å². The van der Waals surface area contributed by atoms with E-state index < -0.39 is 33.7 Å². The molecule has 0 atom stereocenters. The van der Waals surface area contributed by atoms with Gasteiger partial charge in [-0.1, -0.05) is 0 Å². The molecule has 21 heavy (non-hydrogen) atoms. The summed E-state index contributed by atoms with van der Waals surface area (Å²) < 4.78 is 32.6. The molecule has 8 heteroatoms. The zero-order valence-electron chi connectivity index (χ0n) is 11.9. The van der Waals surface area contributed by atoms with Gasteiger partial charge in [-0.25, -0.2) is 4.39 Å². The normalized spacial score (nSPS) is 10.8. The number of carbonyl (C=O) groups excluding carboxylic acids is 1. The largest absolute Gasteiger partial charge is 0.383 e. The molecule has 0 saturated heterocycles. The second-order valence-electron chi connectivity index (χ2n) is 4.60. The summed E-state index contributed by atoms with van der Waals surface area (Å²) in [7, 11) is 1.43. The lowest BCUT2D eigenvalue weighted by Crippen LogP contribution is -2.40. The Morgan fingerprint density at radius 1 is 1.43 bits per heavy atom. The van der Waals surface area contributed by atoms with E-state index in [1.807, 2.05) is 0 Å². The molecule has 1 amide bonds. The maximum atomic E-state index is 14.0. The molecule has 116 valence electrons. The number of benzene rings is 1. The van der Waals surface area contributed by atoms with Gasteiger partial charge in [-0.05, 0) is 19.9 Å². The van der Waals surface area contributed by atoms with Crippen LogP contribution < -0.4 is 0 Å². The topological polar surface area (TPSA) is 72.7 Å². The maximum absolute atomic E-state index is 14.0. The van der Waals surface area contributed by atoms with Crippen LogP contribution in [-0.2, 0) is 4.74 Å². The van der Waals surface area contributed by atoms with E-state index >= 15 is 0 Å². The molecular formula is C13H16F2N2O4. The number of carbonyl (C=O) groups is 1. The zero-order chi connectivity index (χ0) is 16.2. The Morgan fingerprint density at radius 2 is 2.05 bits per heavy atom. The van der Waals surface area contributed by atoms with E-state index in [1.165, 1.54) is 12.0 Å². The Bertz CT molecular complexity index is 549. The summed E-state index contributed by atoms with van der Waals surface area (Å²) in [5, 5.41) is 10.7. The van der Waals surface area contributed by atoms with Crippen molar-refractivity contribution in [1.82, 2.24) is 4.90 Å². The molecule has 1 rings (SSSR count). The Kier molecular flexibility index (Phi) is 5.71. The number of nitro groups is 1. The van der Waals surface area contributed by atoms with Crippen LogP contribution >= 0.6 is 0 Å². The van der Waals surface area contributed by atoms with Crippen LogP contribution in [0.25, 0.3) is 0 Å². The predicted octanol–water partition coefficient (Wildman–Crippen LogP) is 2.37. The van der Waals surface area contributed by atoms with Crippen molar-refractivity contribution in [1.29, 1.82) is 0 Å². The quantitative estimate of drug-likeness (QED) is 0.597. The van der Waals surface area contributed by atoms with Crippen LogP contribution in [0, 0.1) is 21.7 Å². The minimum Gasteiger partial charge on any atom is -0.383 e. The summed E-state index contributed by atoms with van der Waals surface area (Å²) in [6, 6.07) is 1.06. The number of hydrogen-bond acceptors (Lipinski definition) is 4. The Labute approximate surface area is 120 Å². The summed E-state index contributed by atoms with van der Waals surface area (Å²) in [4.78, 5) is 23.1. The molecule has 0 aromatic heterocycles. The molecule has 1 aromatic rings. The monoisotopic (exact) mass is 302 g/mol. The summed E-state index contributed by atoms with van der Waals surface area (Å²) >= 11 is 0. The van der Waals surface area contributed by atoms with Crippen molar-refractivity contribution in [2.24, 2.45) is 0 Å². The molecule has 6 nitrogen and oxygen atoms in total. The van der Waals surface area contributed by atoms with Gasteiger partial charge in [0.25, 0.3) is 5.91 Å². The number of halogens is 2. The lowest BCUT2D eigenvalue weighted by atomic mass is 10.1. The molecular weight excluding hydrogens is 286 g/mol. The number of hydrogen-bond donors (Lipinski definition) is 0. The van der Waals surface area contributed by atoms with Gasteiger partial charge in [-0.3, -0.25) is 14.9 Å². The highest BCUT2D eigenvalue weighted by Crippen LogP contribution is 2.24. The Balaban J connectivity index is 3.27. The summed E-state index contributed by atoms with van der Waals surface area (Å²) in [5.41, 5.74) is -1.86. The average Bonchev–Trinajstić information content (AvgIpc) is 2.38. The number of methoxy groups -OCH3 is 1.